The molecule has 2 aromatic carbocycles. The van der Waals surface area contributed by atoms with Gasteiger partial charge in [0, 0.05) is 0 Å². The number of fused-ring (bicyclic) bond motifs is 2. The lowest BCUT2D eigenvalue weighted by Crippen LogP contribution is -2.29. The molecule has 0 aliphatic rings. The first kappa shape index (κ1) is 16.3. The van der Waals surface area contributed by atoms with Crippen LogP contribution in [0.25, 0.3) is 21.3 Å². The average molecular weight is 369 g/mol. The number of benzene rings is 2. The molecule has 0 spiro atoms. The van der Waals surface area contributed by atoms with Gasteiger partial charge in [-0.1, -0.05) is 23.5 Å². The molecule has 7 nitrogen and oxygen atoms in total. The minimum absolute atomic E-state index is 0.343. The second-order valence-corrected chi connectivity index (χ2v) is 6.75. The van der Waals surface area contributed by atoms with Gasteiger partial charge in [-0.15, -0.1) is 0 Å². The number of ether oxygens (including phenoxy) is 1. The number of nitrogens with zero attached hydrogens (tertiary/aromatic N) is 2. The fraction of sp³-hybridized carbons (Fsp3) is 0.167. The molecule has 4 aromatic rings. The minimum atomic E-state index is -0.743. The summed E-state index contributed by atoms with van der Waals surface area (Å²) in [4.78, 5) is 29.2. The van der Waals surface area contributed by atoms with E-state index in [9.17, 15) is 9.59 Å². The van der Waals surface area contributed by atoms with Crippen LogP contribution in [-0.4, -0.2) is 22.6 Å². The van der Waals surface area contributed by atoms with Crippen LogP contribution in [0.1, 0.15) is 13.0 Å². The Morgan fingerprint density at radius 2 is 2.12 bits per heavy atom. The Hall–Kier alpha value is -3.13. The SMILES string of the molecule is COc1ccc2nc(NC(=O)C(C)n3c(=O)oc4ccccc43)sc2c1. The molecule has 0 saturated heterocycles. The number of para-hydroxylation sites is 2. The Bertz CT molecular complexity index is 1170. The maximum absolute atomic E-state index is 12.6. The molecule has 1 N–H and O–H groups in total. The number of anilines is 1. The lowest BCUT2D eigenvalue weighted by molar-refractivity contribution is -0.118. The molecule has 1 amide bonds. The summed E-state index contributed by atoms with van der Waals surface area (Å²) in [5.74, 6) is -0.184. The zero-order chi connectivity index (χ0) is 18.3. The molecule has 8 heteroatoms. The van der Waals surface area contributed by atoms with Gasteiger partial charge in [0.15, 0.2) is 10.7 Å². The first-order chi connectivity index (χ1) is 12.6. The van der Waals surface area contributed by atoms with E-state index < -0.39 is 11.8 Å². The van der Waals surface area contributed by atoms with E-state index in [1.165, 1.54) is 15.9 Å². The van der Waals surface area contributed by atoms with Crippen molar-refractivity contribution in [2.75, 3.05) is 12.4 Å². The quantitative estimate of drug-likeness (QED) is 0.596. The summed E-state index contributed by atoms with van der Waals surface area (Å²) in [5, 5.41) is 3.24. The van der Waals surface area contributed by atoms with Crippen LogP contribution in [0.5, 0.6) is 5.75 Å². The zero-order valence-electron chi connectivity index (χ0n) is 14.1. The summed E-state index contributed by atoms with van der Waals surface area (Å²) in [6.07, 6.45) is 0. The Labute approximate surface area is 151 Å². The molecule has 0 fully saturated rings. The first-order valence-electron chi connectivity index (χ1n) is 7.92. The van der Waals surface area contributed by atoms with Gasteiger partial charge in [-0.2, -0.15) is 0 Å². The predicted molar refractivity (Wildman–Crippen MR) is 100.0 cm³/mol. The molecular formula is C18H15N3O4S. The standard InChI is InChI=1S/C18H15N3O4S/c1-10(21-13-5-3-4-6-14(13)25-18(21)23)16(22)20-17-19-12-8-7-11(24-2)9-15(12)26-17/h3-10H,1-2H3,(H,19,20,22). The molecule has 0 radical (unpaired) electrons. The molecule has 1 atom stereocenters. The van der Waals surface area contributed by atoms with E-state index in [1.807, 2.05) is 18.2 Å². The van der Waals surface area contributed by atoms with Crippen molar-refractivity contribution in [2.45, 2.75) is 13.0 Å². The maximum atomic E-state index is 12.6. The number of amides is 1. The molecule has 0 aliphatic carbocycles. The van der Waals surface area contributed by atoms with E-state index >= 15 is 0 Å². The van der Waals surface area contributed by atoms with Gasteiger partial charge in [0.05, 0.1) is 22.8 Å². The third-order valence-electron chi connectivity index (χ3n) is 4.11. The first-order valence-corrected chi connectivity index (χ1v) is 8.74. The second kappa shape index (κ2) is 6.30. The van der Waals surface area contributed by atoms with E-state index in [1.54, 1.807) is 38.3 Å². The molecule has 2 aromatic heterocycles. The second-order valence-electron chi connectivity index (χ2n) is 5.72. The van der Waals surface area contributed by atoms with Gasteiger partial charge < -0.3 is 14.5 Å². The number of carbonyl (C=O) groups excluding carboxylic acids is 1. The van der Waals surface area contributed by atoms with Crippen molar-refractivity contribution in [1.82, 2.24) is 9.55 Å². The Morgan fingerprint density at radius 1 is 1.31 bits per heavy atom. The largest absolute Gasteiger partial charge is 0.497 e. The number of aromatic nitrogens is 2. The van der Waals surface area contributed by atoms with Crippen LogP contribution in [0.3, 0.4) is 0 Å². The summed E-state index contributed by atoms with van der Waals surface area (Å²) >= 11 is 1.34. The van der Waals surface area contributed by atoms with Crippen LogP contribution in [0.15, 0.2) is 51.7 Å². The molecule has 26 heavy (non-hydrogen) atoms. The number of carbonyl (C=O) groups is 1. The number of rotatable bonds is 4. The van der Waals surface area contributed by atoms with Gasteiger partial charge in [0.1, 0.15) is 11.8 Å². The predicted octanol–water partition coefficient (Wildman–Crippen LogP) is 3.41. The summed E-state index contributed by atoms with van der Waals surface area (Å²) in [6.45, 7) is 1.65. The number of thiazole rings is 1. The van der Waals surface area contributed by atoms with Crippen molar-refractivity contribution in [1.29, 1.82) is 0 Å². The molecule has 0 bridgehead atoms. The van der Waals surface area contributed by atoms with Gasteiger partial charge in [0.2, 0.25) is 5.91 Å². The van der Waals surface area contributed by atoms with Crippen molar-refractivity contribution >= 4 is 43.7 Å². The van der Waals surface area contributed by atoms with E-state index in [2.05, 4.69) is 10.3 Å². The highest BCUT2D eigenvalue weighted by molar-refractivity contribution is 7.22. The number of nitrogens with one attached hydrogen (secondary N) is 1. The Kier molecular flexibility index (Phi) is 3.96. The van der Waals surface area contributed by atoms with Crippen LogP contribution in [0.4, 0.5) is 5.13 Å². The molecular weight excluding hydrogens is 354 g/mol. The molecule has 0 saturated carbocycles. The van der Waals surface area contributed by atoms with Crippen molar-refractivity contribution in [2.24, 2.45) is 0 Å². The highest BCUT2D eigenvalue weighted by Gasteiger charge is 2.22. The van der Waals surface area contributed by atoms with Crippen molar-refractivity contribution in [3.05, 3.63) is 53.0 Å². The Balaban J connectivity index is 1.63. The van der Waals surface area contributed by atoms with Crippen LogP contribution in [0.2, 0.25) is 0 Å². The maximum Gasteiger partial charge on any atom is 0.420 e. The third kappa shape index (κ3) is 2.74. The van der Waals surface area contributed by atoms with Gasteiger partial charge in [0.25, 0.3) is 0 Å². The summed E-state index contributed by atoms with van der Waals surface area (Å²) in [7, 11) is 1.60. The van der Waals surface area contributed by atoms with E-state index in [4.69, 9.17) is 9.15 Å². The van der Waals surface area contributed by atoms with Crippen LogP contribution in [0, 0.1) is 0 Å². The normalized spacial score (nSPS) is 12.4. The van der Waals surface area contributed by atoms with Crippen LogP contribution >= 0.6 is 11.3 Å². The number of oxazole rings is 1. The van der Waals surface area contributed by atoms with Crippen LogP contribution < -0.4 is 15.8 Å². The number of methoxy groups -OCH3 is 1. The lowest BCUT2D eigenvalue weighted by atomic mass is 10.2. The van der Waals surface area contributed by atoms with Gasteiger partial charge in [-0.05, 0) is 37.3 Å². The monoisotopic (exact) mass is 369 g/mol. The zero-order valence-corrected chi connectivity index (χ0v) is 14.9. The van der Waals surface area contributed by atoms with Gasteiger partial charge in [-0.3, -0.25) is 9.36 Å². The third-order valence-corrected chi connectivity index (χ3v) is 5.04. The minimum Gasteiger partial charge on any atom is -0.497 e. The summed E-state index contributed by atoms with van der Waals surface area (Å²) in [5.41, 5.74) is 1.79. The van der Waals surface area contributed by atoms with Gasteiger partial charge in [-0.25, -0.2) is 9.78 Å². The van der Waals surface area contributed by atoms with Gasteiger partial charge >= 0.3 is 5.76 Å². The van der Waals surface area contributed by atoms with Crippen molar-refractivity contribution in [3.63, 3.8) is 0 Å². The number of hydrogen-bond donors (Lipinski definition) is 1. The molecule has 1 unspecified atom stereocenters. The molecule has 4 rings (SSSR count). The van der Waals surface area contributed by atoms with Crippen molar-refractivity contribution < 1.29 is 13.9 Å². The highest BCUT2D eigenvalue weighted by Crippen LogP contribution is 2.29. The van der Waals surface area contributed by atoms with E-state index in [0.717, 1.165) is 16.0 Å². The molecule has 132 valence electrons. The molecule has 2 heterocycles. The highest BCUT2D eigenvalue weighted by atomic mass is 32.1. The lowest BCUT2D eigenvalue weighted by Gasteiger charge is -2.11. The van der Waals surface area contributed by atoms with Crippen molar-refractivity contribution in [3.8, 4) is 5.75 Å². The smallest absolute Gasteiger partial charge is 0.420 e. The topological polar surface area (TPSA) is 86.4 Å². The molecule has 0 aliphatic heterocycles. The van der Waals surface area contributed by atoms with Crippen LogP contribution in [-0.2, 0) is 4.79 Å². The fourth-order valence-electron chi connectivity index (χ4n) is 2.76. The van der Waals surface area contributed by atoms with E-state index in [0.29, 0.717) is 16.2 Å². The Morgan fingerprint density at radius 3 is 2.92 bits per heavy atom. The summed E-state index contributed by atoms with van der Waals surface area (Å²) in [6, 6.07) is 11.8. The number of hydrogen-bond acceptors (Lipinski definition) is 6. The van der Waals surface area contributed by atoms with E-state index in [-0.39, 0.29) is 5.91 Å². The average Bonchev–Trinajstić information content (AvgIpc) is 3.19. The fourth-order valence-corrected chi connectivity index (χ4v) is 3.66. The summed E-state index contributed by atoms with van der Waals surface area (Å²) < 4.78 is 12.6.